The number of benzene rings is 2. The van der Waals surface area contributed by atoms with E-state index in [0.717, 1.165) is 24.6 Å². The zero-order chi connectivity index (χ0) is 31.0. The lowest BCUT2D eigenvalue weighted by Gasteiger charge is -2.31. The van der Waals surface area contributed by atoms with E-state index in [1.807, 2.05) is 12.1 Å². The van der Waals surface area contributed by atoms with Crippen molar-refractivity contribution in [1.82, 2.24) is 30.0 Å². The zero-order valence-corrected chi connectivity index (χ0v) is 23.2. The van der Waals surface area contributed by atoms with Crippen LogP contribution in [0.15, 0.2) is 61.4 Å². The molecule has 15 heteroatoms. The van der Waals surface area contributed by atoms with Gasteiger partial charge in [-0.05, 0) is 73.6 Å². The molecule has 4 atom stereocenters. The van der Waals surface area contributed by atoms with E-state index in [9.17, 15) is 27.2 Å². The molecule has 11 nitrogen and oxygen atoms in total. The summed E-state index contributed by atoms with van der Waals surface area (Å²) in [5, 5.41) is 16.2. The number of hydrogen-bond donors (Lipinski definition) is 3. The topological polar surface area (TPSA) is 136 Å². The van der Waals surface area contributed by atoms with Crippen LogP contribution in [0.4, 0.5) is 34.8 Å². The second-order valence-corrected chi connectivity index (χ2v) is 10.7. The first-order valence-electron chi connectivity index (χ1n) is 13.7. The van der Waals surface area contributed by atoms with Crippen LogP contribution in [-0.4, -0.2) is 49.7 Å². The fourth-order valence-electron chi connectivity index (χ4n) is 6.16. The molecule has 2 bridgehead atoms. The molecule has 0 unspecified atom stereocenters. The number of carbonyl (C=O) groups excluding carboxylic acids is 2. The Morgan fingerprint density at radius 3 is 2.39 bits per heavy atom. The van der Waals surface area contributed by atoms with Gasteiger partial charge in [-0.1, -0.05) is 0 Å². The van der Waals surface area contributed by atoms with Gasteiger partial charge in [0.2, 0.25) is 11.8 Å². The Hall–Kier alpha value is -5.08. The summed E-state index contributed by atoms with van der Waals surface area (Å²) in [5.74, 6) is -3.20. The molecule has 2 aliphatic carbocycles. The highest BCUT2D eigenvalue weighted by Crippen LogP contribution is 2.49. The molecule has 0 aliphatic heterocycles. The lowest BCUT2D eigenvalue weighted by atomic mass is 9.83. The van der Waals surface area contributed by atoms with E-state index in [1.165, 1.54) is 13.4 Å². The van der Waals surface area contributed by atoms with E-state index >= 15 is 0 Å². The van der Waals surface area contributed by atoms with Crippen LogP contribution in [0.5, 0.6) is 5.88 Å². The number of anilines is 3. The lowest BCUT2D eigenvalue weighted by molar-refractivity contribution is -0.140. The van der Waals surface area contributed by atoms with Crippen LogP contribution < -0.4 is 20.7 Å². The van der Waals surface area contributed by atoms with Crippen LogP contribution in [0.3, 0.4) is 0 Å². The smallest absolute Gasteiger partial charge is 0.419 e. The van der Waals surface area contributed by atoms with Gasteiger partial charge in [0.05, 0.1) is 18.6 Å². The first-order valence-corrected chi connectivity index (χ1v) is 13.7. The minimum absolute atomic E-state index is 0.0104. The van der Waals surface area contributed by atoms with Gasteiger partial charge >= 0.3 is 6.18 Å². The van der Waals surface area contributed by atoms with E-state index in [1.54, 1.807) is 29.4 Å². The van der Waals surface area contributed by atoms with Crippen molar-refractivity contribution < 1.29 is 31.9 Å². The maximum atomic E-state index is 13.8. The van der Waals surface area contributed by atoms with Gasteiger partial charge in [0.15, 0.2) is 5.82 Å². The summed E-state index contributed by atoms with van der Waals surface area (Å²) in [6.07, 6.45) is 1.63. The average molecular weight is 611 g/mol. The Bertz CT molecular complexity index is 1680. The summed E-state index contributed by atoms with van der Waals surface area (Å²) in [6, 6.07) is 8.90. The van der Waals surface area contributed by atoms with Gasteiger partial charge in [-0.3, -0.25) is 14.2 Å². The molecule has 0 spiro atoms. The predicted molar refractivity (Wildman–Crippen MR) is 149 cm³/mol. The number of methoxy groups -OCH3 is 1. The minimum Gasteiger partial charge on any atom is -0.480 e. The maximum absolute atomic E-state index is 13.8. The molecular weight excluding hydrogens is 584 g/mol. The molecule has 2 aromatic heterocycles. The Kier molecular flexibility index (Phi) is 7.61. The van der Waals surface area contributed by atoms with Crippen LogP contribution >= 0.6 is 0 Å². The number of amides is 2. The van der Waals surface area contributed by atoms with E-state index in [-0.39, 0.29) is 34.8 Å². The van der Waals surface area contributed by atoms with Crippen molar-refractivity contribution in [1.29, 1.82) is 0 Å². The van der Waals surface area contributed by atoms with Crippen LogP contribution in [0, 0.1) is 23.6 Å². The molecular formula is C29H26F4N8O3. The number of ether oxygens (including phenoxy) is 1. The molecule has 2 heterocycles. The van der Waals surface area contributed by atoms with E-state index in [4.69, 9.17) is 4.74 Å². The number of aromatic nitrogens is 5. The van der Waals surface area contributed by atoms with Crippen molar-refractivity contribution in [3.63, 3.8) is 0 Å². The second kappa shape index (κ2) is 11.5. The quantitative estimate of drug-likeness (QED) is 0.243. The highest BCUT2D eigenvalue weighted by molar-refractivity contribution is 6.02. The fraction of sp³-hybridized carbons (Fsp3) is 0.310. The summed E-state index contributed by atoms with van der Waals surface area (Å²) in [5.41, 5.74) is -0.205. The van der Waals surface area contributed by atoms with Crippen molar-refractivity contribution in [2.24, 2.45) is 17.8 Å². The molecule has 228 valence electrons. The van der Waals surface area contributed by atoms with E-state index < -0.39 is 41.3 Å². The van der Waals surface area contributed by atoms with Gasteiger partial charge in [0, 0.05) is 23.1 Å². The third-order valence-electron chi connectivity index (χ3n) is 8.14. The van der Waals surface area contributed by atoms with Crippen LogP contribution in [0.1, 0.15) is 35.2 Å². The summed E-state index contributed by atoms with van der Waals surface area (Å²) < 4.78 is 60.6. The molecule has 44 heavy (non-hydrogen) atoms. The Morgan fingerprint density at radius 2 is 1.68 bits per heavy atom. The largest absolute Gasteiger partial charge is 0.480 e. The normalized spacial score (nSPS) is 20.8. The minimum atomic E-state index is -4.92. The van der Waals surface area contributed by atoms with Crippen molar-refractivity contribution >= 4 is 29.0 Å². The molecule has 2 amide bonds. The molecule has 2 saturated carbocycles. The maximum Gasteiger partial charge on any atom is 0.419 e. The zero-order valence-electron chi connectivity index (χ0n) is 23.2. The van der Waals surface area contributed by atoms with Crippen molar-refractivity contribution in [2.45, 2.75) is 31.5 Å². The first-order chi connectivity index (χ1) is 21.1. The van der Waals surface area contributed by atoms with Crippen molar-refractivity contribution in [2.75, 3.05) is 17.7 Å². The van der Waals surface area contributed by atoms with E-state index in [0.29, 0.717) is 24.2 Å². The number of rotatable bonds is 8. The molecule has 0 radical (unpaired) electrons. The first kappa shape index (κ1) is 29.0. The second-order valence-electron chi connectivity index (χ2n) is 10.7. The molecule has 2 aromatic carbocycles. The number of carbonyl (C=O) groups is 2. The molecule has 0 saturated heterocycles. The molecule has 4 aromatic rings. The summed E-state index contributed by atoms with van der Waals surface area (Å²) in [4.78, 5) is 35.5. The summed E-state index contributed by atoms with van der Waals surface area (Å²) in [6.45, 7) is 0. The Labute approximate surface area is 248 Å². The molecule has 2 fully saturated rings. The summed E-state index contributed by atoms with van der Waals surface area (Å²) in [7, 11) is 1.36. The summed E-state index contributed by atoms with van der Waals surface area (Å²) >= 11 is 0. The number of fused-ring (bicyclic) bond motifs is 2. The third kappa shape index (κ3) is 5.64. The standard InChI is InChI=1S/C29H26F4N8O3/c1-44-28-23(25(34-12-35-28)38-17-4-7-19(8-5-17)41-13-36-37-14-41)27(43)40-24-16-3-2-15(10-16)22(24)26(42)39-18-6-9-21(30)20(11-18)29(31,32)33/h4-9,11-16,22,24H,2-3,10H2,1H3,(H,39,42)(H,40,43)(H,34,35,38)/t15-,16+,22+,24-/m1/s1. The van der Waals surface area contributed by atoms with Gasteiger partial charge in [0.25, 0.3) is 5.91 Å². The predicted octanol–water partition coefficient (Wildman–Crippen LogP) is 4.75. The van der Waals surface area contributed by atoms with Gasteiger partial charge in [-0.25, -0.2) is 14.4 Å². The van der Waals surface area contributed by atoms with Crippen LogP contribution in [-0.2, 0) is 11.0 Å². The Morgan fingerprint density at radius 1 is 0.977 bits per heavy atom. The lowest BCUT2D eigenvalue weighted by Crippen LogP contribution is -2.48. The fourth-order valence-corrected chi connectivity index (χ4v) is 6.16. The van der Waals surface area contributed by atoms with E-state index in [2.05, 4.69) is 36.1 Å². The highest BCUT2D eigenvalue weighted by atomic mass is 19.4. The van der Waals surface area contributed by atoms with Gasteiger partial charge in [-0.15, -0.1) is 10.2 Å². The van der Waals surface area contributed by atoms with Gasteiger partial charge in [0.1, 0.15) is 30.4 Å². The number of nitrogens with zero attached hydrogens (tertiary/aromatic N) is 5. The van der Waals surface area contributed by atoms with Crippen LogP contribution in [0.25, 0.3) is 5.69 Å². The van der Waals surface area contributed by atoms with Gasteiger partial charge in [-0.2, -0.15) is 13.2 Å². The average Bonchev–Trinajstić information content (AvgIpc) is 3.77. The SMILES string of the molecule is COc1ncnc(Nc2ccc(-n3cnnc3)cc2)c1C(=O)N[C@@H]1[C@H]2CC[C@H](C2)[C@@H]1C(=O)Nc1ccc(F)c(C(F)(F)F)c1. The van der Waals surface area contributed by atoms with Crippen molar-refractivity contribution in [3.8, 4) is 11.6 Å². The number of alkyl halides is 3. The van der Waals surface area contributed by atoms with Crippen LogP contribution in [0.2, 0.25) is 0 Å². The molecule has 2 aliphatic rings. The third-order valence-corrected chi connectivity index (χ3v) is 8.14. The Balaban J connectivity index is 1.22. The number of nitrogens with one attached hydrogen (secondary N) is 3. The van der Waals surface area contributed by atoms with Crippen molar-refractivity contribution in [3.05, 3.63) is 78.4 Å². The monoisotopic (exact) mass is 610 g/mol. The molecule has 6 rings (SSSR count). The molecule has 3 N–H and O–H groups in total. The number of hydrogen-bond acceptors (Lipinski definition) is 8. The highest BCUT2D eigenvalue weighted by Gasteiger charge is 2.51. The van der Waals surface area contributed by atoms with Gasteiger partial charge < -0.3 is 20.7 Å². The number of halogens is 4.